The van der Waals surface area contributed by atoms with E-state index in [0.717, 1.165) is 5.69 Å². The molecule has 0 heterocycles. The quantitative estimate of drug-likeness (QED) is 0.724. The van der Waals surface area contributed by atoms with Gasteiger partial charge in [0.25, 0.3) is 5.76 Å². The Kier molecular flexibility index (Phi) is 5.93. The van der Waals surface area contributed by atoms with Gasteiger partial charge in [0, 0.05) is 16.6 Å². The van der Waals surface area contributed by atoms with E-state index in [9.17, 15) is 8.78 Å². The van der Waals surface area contributed by atoms with Crippen molar-refractivity contribution in [3.05, 3.63) is 24.3 Å². The molecule has 0 aliphatic rings. The van der Waals surface area contributed by atoms with Crippen LogP contribution in [0.25, 0.3) is 0 Å². The summed E-state index contributed by atoms with van der Waals surface area (Å²) in [5.74, 6) is -1.30. The van der Waals surface area contributed by atoms with Crippen LogP contribution in [0.4, 0.5) is 14.5 Å². The number of benzene rings is 1. The maximum Gasteiger partial charge on any atom is 0.288 e. The molecule has 1 aromatic carbocycles. The molecule has 1 aromatic rings. The summed E-state index contributed by atoms with van der Waals surface area (Å²) in [6.45, 7) is 8.72. The molecular weight excluding hydrogens is 252 g/mol. The molecule has 0 aromatic heterocycles. The van der Waals surface area contributed by atoms with Gasteiger partial charge >= 0.3 is 0 Å². The van der Waals surface area contributed by atoms with E-state index < -0.39 is 5.76 Å². The van der Waals surface area contributed by atoms with Gasteiger partial charge in [0.15, 0.2) is 0 Å². The molecule has 1 nitrogen and oxygen atoms in total. The summed E-state index contributed by atoms with van der Waals surface area (Å²) in [5.41, 5.74) is 0.987. The minimum absolute atomic E-state index is 0.388. The normalized spacial score (nSPS) is 11.9. The maximum atomic E-state index is 12.2. The van der Waals surface area contributed by atoms with Gasteiger partial charge in [-0.3, -0.25) is 0 Å². The zero-order chi connectivity index (χ0) is 13.7. The van der Waals surface area contributed by atoms with E-state index in [0.29, 0.717) is 34.5 Å². The van der Waals surface area contributed by atoms with Crippen LogP contribution in [0.1, 0.15) is 27.7 Å². The lowest BCUT2D eigenvalue weighted by atomic mass is 9.93. The van der Waals surface area contributed by atoms with E-state index in [1.54, 1.807) is 12.1 Å². The average Bonchev–Trinajstić information content (AvgIpc) is 2.26. The van der Waals surface area contributed by atoms with Crippen LogP contribution in [0.2, 0.25) is 0 Å². The van der Waals surface area contributed by atoms with Crippen molar-refractivity contribution in [2.24, 2.45) is 11.8 Å². The highest BCUT2D eigenvalue weighted by molar-refractivity contribution is 7.99. The van der Waals surface area contributed by atoms with E-state index in [1.807, 2.05) is 12.1 Å². The first kappa shape index (κ1) is 15.3. The second-order valence-electron chi connectivity index (χ2n) is 5.06. The van der Waals surface area contributed by atoms with Crippen LogP contribution in [0.3, 0.4) is 0 Å². The Bertz CT molecular complexity index is 341. The van der Waals surface area contributed by atoms with Crippen LogP contribution in [-0.4, -0.2) is 11.8 Å². The number of halogens is 2. The predicted molar refractivity (Wildman–Crippen MR) is 75.4 cm³/mol. The average molecular weight is 273 g/mol. The van der Waals surface area contributed by atoms with Crippen molar-refractivity contribution in [3.63, 3.8) is 0 Å². The van der Waals surface area contributed by atoms with E-state index in [1.165, 1.54) is 0 Å². The Balaban J connectivity index is 2.67. The van der Waals surface area contributed by atoms with Crippen LogP contribution in [0.5, 0.6) is 0 Å². The molecule has 0 amide bonds. The molecule has 102 valence electrons. The zero-order valence-electron chi connectivity index (χ0n) is 11.3. The molecule has 0 spiro atoms. The lowest BCUT2D eigenvalue weighted by Crippen LogP contribution is -2.30. The Hall–Kier alpha value is -0.770. The highest BCUT2D eigenvalue weighted by Gasteiger charge is 2.16. The third kappa shape index (κ3) is 4.84. The Labute approximate surface area is 112 Å². The topological polar surface area (TPSA) is 12.0 Å². The van der Waals surface area contributed by atoms with Gasteiger partial charge in [0.05, 0.1) is 0 Å². The van der Waals surface area contributed by atoms with Crippen molar-refractivity contribution in [1.82, 2.24) is 0 Å². The fraction of sp³-hybridized carbons (Fsp3) is 0.571. The van der Waals surface area contributed by atoms with Crippen molar-refractivity contribution in [2.75, 3.05) is 5.32 Å². The fourth-order valence-corrected chi connectivity index (χ4v) is 2.53. The predicted octanol–water partition coefficient (Wildman–Crippen LogP) is 5.09. The summed E-state index contributed by atoms with van der Waals surface area (Å²) in [4.78, 5) is 0.598. The third-order valence-electron chi connectivity index (χ3n) is 2.85. The zero-order valence-corrected chi connectivity index (χ0v) is 12.1. The summed E-state index contributed by atoms with van der Waals surface area (Å²) < 4.78 is 24.4. The SMILES string of the molecule is CC(C)C(Nc1ccc(SC(F)F)cc1)C(C)C. The molecule has 1 N–H and O–H groups in total. The largest absolute Gasteiger partial charge is 0.382 e. The standard InChI is InChI=1S/C14H21F2NS/c1-9(2)13(10(3)4)17-11-5-7-12(8-6-11)18-14(15)16/h5-10,13-14,17H,1-4H3. The van der Waals surface area contributed by atoms with Gasteiger partial charge in [-0.1, -0.05) is 39.5 Å². The van der Waals surface area contributed by atoms with Crippen molar-refractivity contribution >= 4 is 17.4 Å². The molecule has 0 aliphatic carbocycles. The number of alkyl halides is 2. The minimum atomic E-state index is -2.36. The molecule has 0 fully saturated rings. The monoisotopic (exact) mass is 273 g/mol. The molecule has 4 heteroatoms. The number of hydrogen-bond donors (Lipinski definition) is 1. The van der Waals surface area contributed by atoms with Gasteiger partial charge < -0.3 is 5.32 Å². The number of rotatable bonds is 6. The highest BCUT2D eigenvalue weighted by atomic mass is 32.2. The Morgan fingerprint density at radius 2 is 1.44 bits per heavy atom. The number of anilines is 1. The van der Waals surface area contributed by atoms with Crippen molar-refractivity contribution in [1.29, 1.82) is 0 Å². The Morgan fingerprint density at radius 1 is 0.944 bits per heavy atom. The molecule has 0 bridgehead atoms. The van der Waals surface area contributed by atoms with Gasteiger partial charge in [-0.2, -0.15) is 8.78 Å². The first-order chi connectivity index (χ1) is 8.40. The lowest BCUT2D eigenvalue weighted by molar-refractivity contribution is 0.252. The smallest absolute Gasteiger partial charge is 0.288 e. The van der Waals surface area contributed by atoms with Gasteiger partial charge in [-0.15, -0.1) is 0 Å². The molecule has 1 rings (SSSR count). The van der Waals surface area contributed by atoms with Gasteiger partial charge in [-0.25, -0.2) is 0 Å². The van der Waals surface area contributed by atoms with Gasteiger partial charge in [0.1, 0.15) is 0 Å². The summed E-state index contributed by atoms with van der Waals surface area (Å²) >= 11 is 0.578. The molecule has 0 atom stereocenters. The van der Waals surface area contributed by atoms with E-state index in [4.69, 9.17) is 0 Å². The van der Waals surface area contributed by atoms with E-state index in [-0.39, 0.29) is 0 Å². The molecule has 0 saturated carbocycles. The van der Waals surface area contributed by atoms with Crippen molar-refractivity contribution < 1.29 is 8.78 Å². The molecule has 18 heavy (non-hydrogen) atoms. The van der Waals surface area contributed by atoms with Crippen LogP contribution in [0.15, 0.2) is 29.2 Å². The molecule has 0 aliphatic heterocycles. The third-order valence-corrected chi connectivity index (χ3v) is 3.57. The summed E-state index contributed by atoms with van der Waals surface area (Å²) in [5, 5.41) is 3.46. The fourth-order valence-electron chi connectivity index (χ4n) is 2.03. The molecular formula is C14H21F2NS. The van der Waals surface area contributed by atoms with Crippen LogP contribution in [-0.2, 0) is 0 Å². The summed E-state index contributed by atoms with van der Waals surface area (Å²) in [6.07, 6.45) is 0. The first-order valence-electron chi connectivity index (χ1n) is 6.21. The molecule has 0 saturated heterocycles. The van der Waals surface area contributed by atoms with Crippen LogP contribution < -0.4 is 5.32 Å². The van der Waals surface area contributed by atoms with Gasteiger partial charge in [-0.05, 0) is 36.1 Å². The van der Waals surface area contributed by atoms with E-state index in [2.05, 4.69) is 33.0 Å². The lowest BCUT2D eigenvalue weighted by Gasteiger charge is -2.27. The summed E-state index contributed by atoms with van der Waals surface area (Å²) in [7, 11) is 0. The second kappa shape index (κ2) is 6.98. The van der Waals surface area contributed by atoms with Crippen LogP contribution in [0, 0.1) is 11.8 Å². The molecule has 0 radical (unpaired) electrons. The number of hydrogen-bond acceptors (Lipinski definition) is 2. The minimum Gasteiger partial charge on any atom is -0.382 e. The van der Waals surface area contributed by atoms with Crippen molar-refractivity contribution in [2.45, 2.75) is 44.4 Å². The van der Waals surface area contributed by atoms with E-state index >= 15 is 0 Å². The maximum absolute atomic E-state index is 12.2. The van der Waals surface area contributed by atoms with Crippen LogP contribution >= 0.6 is 11.8 Å². The Morgan fingerprint density at radius 3 is 1.83 bits per heavy atom. The first-order valence-corrected chi connectivity index (χ1v) is 7.09. The number of thioether (sulfide) groups is 1. The highest BCUT2D eigenvalue weighted by Crippen LogP contribution is 2.27. The molecule has 0 unspecified atom stereocenters. The summed E-state index contributed by atoms with van der Waals surface area (Å²) in [6, 6.07) is 7.58. The number of nitrogens with one attached hydrogen (secondary N) is 1. The van der Waals surface area contributed by atoms with Crippen molar-refractivity contribution in [3.8, 4) is 0 Å². The van der Waals surface area contributed by atoms with Gasteiger partial charge in [0.2, 0.25) is 0 Å². The second-order valence-corrected chi connectivity index (χ2v) is 6.12.